The molecule has 2 amide bonds. The summed E-state index contributed by atoms with van der Waals surface area (Å²) < 4.78 is 0. The van der Waals surface area contributed by atoms with E-state index >= 15 is 0 Å². The minimum absolute atomic E-state index is 0.0196. The Hall–Kier alpha value is -2.82. The van der Waals surface area contributed by atoms with Crippen LogP contribution in [0.2, 0.25) is 0 Å². The fraction of sp³-hybridized carbons (Fsp3) is 0.263. The molecule has 0 aliphatic carbocycles. The van der Waals surface area contributed by atoms with E-state index in [2.05, 4.69) is 5.32 Å². The molecule has 5 heteroatoms. The zero-order chi connectivity index (χ0) is 17.7. The van der Waals surface area contributed by atoms with Crippen molar-refractivity contribution in [1.82, 2.24) is 0 Å². The molecule has 0 saturated carbocycles. The third-order valence-electron chi connectivity index (χ3n) is 3.83. The van der Waals surface area contributed by atoms with E-state index in [1.54, 1.807) is 37.4 Å². The summed E-state index contributed by atoms with van der Waals surface area (Å²) in [7, 11) is 1.69. The number of nitrogen functional groups attached to an aromatic ring is 1. The summed E-state index contributed by atoms with van der Waals surface area (Å²) in [6, 6.07) is 12.5. The Bertz CT molecular complexity index is 756. The van der Waals surface area contributed by atoms with Gasteiger partial charge >= 0.3 is 0 Å². The summed E-state index contributed by atoms with van der Waals surface area (Å²) in [5.74, 6) is -0.170. The highest BCUT2D eigenvalue weighted by Gasteiger charge is 2.16. The van der Waals surface area contributed by atoms with Crippen LogP contribution in [0.15, 0.2) is 42.5 Å². The number of amides is 2. The van der Waals surface area contributed by atoms with Gasteiger partial charge in [-0.1, -0.05) is 19.1 Å². The quantitative estimate of drug-likeness (QED) is 0.825. The number of aryl methyl sites for hydroxylation is 1. The van der Waals surface area contributed by atoms with Gasteiger partial charge in [0, 0.05) is 24.7 Å². The van der Waals surface area contributed by atoms with Crippen LogP contribution in [0, 0.1) is 6.92 Å². The molecular weight excluding hydrogens is 302 g/mol. The van der Waals surface area contributed by atoms with E-state index in [4.69, 9.17) is 5.73 Å². The van der Waals surface area contributed by atoms with Crippen molar-refractivity contribution in [2.75, 3.05) is 23.0 Å². The highest BCUT2D eigenvalue weighted by molar-refractivity contribution is 6.07. The molecule has 0 saturated heterocycles. The maximum absolute atomic E-state index is 12.7. The Kier molecular flexibility index (Phi) is 5.58. The maximum Gasteiger partial charge on any atom is 0.258 e. The van der Waals surface area contributed by atoms with Crippen LogP contribution in [0.3, 0.4) is 0 Å². The predicted octanol–water partition coefficient (Wildman–Crippen LogP) is 3.59. The first-order valence-corrected chi connectivity index (χ1v) is 7.97. The second-order valence-electron chi connectivity index (χ2n) is 5.75. The SMILES string of the molecule is CCCC(=O)Nc1ccc(C(=O)N(C)c2ccccc2N)cc1C. The van der Waals surface area contributed by atoms with Crippen molar-refractivity contribution >= 4 is 28.9 Å². The molecular formula is C19H23N3O2. The molecule has 0 radical (unpaired) electrons. The smallest absolute Gasteiger partial charge is 0.258 e. The molecule has 2 aromatic carbocycles. The number of para-hydroxylation sites is 2. The Labute approximate surface area is 142 Å². The van der Waals surface area contributed by atoms with Crippen molar-refractivity contribution in [3.63, 3.8) is 0 Å². The predicted molar refractivity (Wildman–Crippen MR) is 98.3 cm³/mol. The van der Waals surface area contributed by atoms with Crippen LogP contribution < -0.4 is 16.0 Å². The number of hydrogen-bond acceptors (Lipinski definition) is 3. The molecule has 0 heterocycles. The number of nitrogens with one attached hydrogen (secondary N) is 1. The van der Waals surface area contributed by atoms with Crippen molar-refractivity contribution in [2.24, 2.45) is 0 Å². The summed E-state index contributed by atoms with van der Waals surface area (Å²) >= 11 is 0. The first kappa shape index (κ1) is 17.5. The van der Waals surface area contributed by atoms with Gasteiger partial charge in [-0.25, -0.2) is 0 Å². The topological polar surface area (TPSA) is 75.4 Å². The maximum atomic E-state index is 12.7. The molecule has 0 unspecified atom stereocenters. The molecule has 2 aromatic rings. The molecule has 0 aliphatic heterocycles. The first-order chi connectivity index (χ1) is 11.4. The van der Waals surface area contributed by atoms with Crippen molar-refractivity contribution in [3.8, 4) is 0 Å². The molecule has 126 valence electrons. The van der Waals surface area contributed by atoms with Crippen LogP contribution in [-0.4, -0.2) is 18.9 Å². The number of nitrogens with zero attached hydrogens (tertiary/aromatic N) is 1. The lowest BCUT2D eigenvalue weighted by atomic mass is 10.1. The largest absolute Gasteiger partial charge is 0.397 e. The van der Waals surface area contributed by atoms with E-state index in [1.807, 2.05) is 26.0 Å². The summed E-state index contributed by atoms with van der Waals surface area (Å²) in [6.07, 6.45) is 1.28. The second kappa shape index (κ2) is 7.64. The molecule has 5 nitrogen and oxygen atoms in total. The van der Waals surface area contributed by atoms with Crippen LogP contribution >= 0.6 is 0 Å². The lowest BCUT2D eigenvalue weighted by Crippen LogP contribution is -2.27. The van der Waals surface area contributed by atoms with Gasteiger partial charge in [0.25, 0.3) is 5.91 Å². The average Bonchev–Trinajstić information content (AvgIpc) is 2.56. The van der Waals surface area contributed by atoms with Crippen LogP contribution in [0.25, 0.3) is 0 Å². The van der Waals surface area contributed by atoms with E-state index in [0.717, 1.165) is 17.7 Å². The minimum atomic E-state index is -0.151. The van der Waals surface area contributed by atoms with E-state index in [0.29, 0.717) is 23.4 Å². The zero-order valence-corrected chi connectivity index (χ0v) is 14.3. The molecule has 24 heavy (non-hydrogen) atoms. The third kappa shape index (κ3) is 3.93. The summed E-state index contributed by atoms with van der Waals surface area (Å²) in [6.45, 7) is 3.83. The Morgan fingerprint density at radius 3 is 2.50 bits per heavy atom. The van der Waals surface area contributed by atoms with Gasteiger partial charge in [-0.05, 0) is 49.2 Å². The Balaban J connectivity index is 2.20. The van der Waals surface area contributed by atoms with Crippen LogP contribution in [0.5, 0.6) is 0 Å². The molecule has 3 N–H and O–H groups in total. The van der Waals surface area contributed by atoms with Crippen molar-refractivity contribution < 1.29 is 9.59 Å². The Morgan fingerprint density at radius 2 is 1.88 bits per heavy atom. The third-order valence-corrected chi connectivity index (χ3v) is 3.83. The summed E-state index contributed by atoms with van der Waals surface area (Å²) in [4.78, 5) is 25.9. The standard InChI is InChI=1S/C19H23N3O2/c1-4-7-18(23)21-16-11-10-14(12-13(16)2)19(24)22(3)17-9-6-5-8-15(17)20/h5-6,8-12H,4,7,20H2,1-3H3,(H,21,23). The summed E-state index contributed by atoms with van der Waals surface area (Å²) in [5.41, 5.74) is 9.27. The number of carbonyl (C=O) groups is 2. The molecule has 0 atom stereocenters. The molecule has 0 spiro atoms. The number of carbonyl (C=O) groups excluding carboxylic acids is 2. The zero-order valence-electron chi connectivity index (χ0n) is 14.3. The van der Waals surface area contributed by atoms with Crippen molar-refractivity contribution in [1.29, 1.82) is 0 Å². The van der Waals surface area contributed by atoms with Gasteiger partial charge in [0.05, 0.1) is 11.4 Å². The van der Waals surface area contributed by atoms with Gasteiger partial charge in [-0.2, -0.15) is 0 Å². The van der Waals surface area contributed by atoms with Crippen LogP contribution in [-0.2, 0) is 4.79 Å². The van der Waals surface area contributed by atoms with Gasteiger partial charge in [0.15, 0.2) is 0 Å². The lowest BCUT2D eigenvalue weighted by Gasteiger charge is -2.20. The molecule has 0 bridgehead atoms. The lowest BCUT2D eigenvalue weighted by molar-refractivity contribution is -0.116. The van der Waals surface area contributed by atoms with Crippen molar-refractivity contribution in [2.45, 2.75) is 26.7 Å². The fourth-order valence-electron chi connectivity index (χ4n) is 2.47. The highest BCUT2D eigenvalue weighted by Crippen LogP contribution is 2.24. The van der Waals surface area contributed by atoms with Gasteiger partial charge in [0.2, 0.25) is 5.91 Å². The normalized spacial score (nSPS) is 10.3. The van der Waals surface area contributed by atoms with Crippen LogP contribution in [0.4, 0.5) is 17.1 Å². The fourth-order valence-corrected chi connectivity index (χ4v) is 2.47. The van der Waals surface area contributed by atoms with Gasteiger partial charge in [-0.15, -0.1) is 0 Å². The molecule has 0 aliphatic rings. The number of benzene rings is 2. The molecule has 2 rings (SSSR count). The van der Waals surface area contributed by atoms with E-state index in [-0.39, 0.29) is 11.8 Å². The molecule has 0 aromatic heterocycles. The second-order valence-corrected chi connectivity index (χ2v) is 5.75. The number of hydrogen-bond donors (Lipinski definition) is 2. The first-order valence-electron chi connectivity index (χ1n) is 7.97. The average molecular weight is 325 g/mol. The minimum Gasteiger partial charge on any atom is -0.397 e. The summed E-state index contributed by atoms with van der Waals surface area (Å²) in [5, 5.41) is 2.86. The van der Waals surface area contributed by atoms with E-state index < -0.39 is 0 Å². The number of nitrogens with two attached hydrogens (primary N) is 1. The number of rotatable bonds is 5. The highest BCUT2D eigenvalue weighted by atomic mass is 16.2. The number of anilines is 3. The van der Waals surface area contributed by atoms with E-state index in [9.17, 15) is 9.59 Å². The van der Waals surface area contributed by atoms with Gasteiger partial charge in [0.1, 0.15) is 0 Å². The van der Waals surface area contributed by atoms with Crippen LogP contribution in [0.1, 0.15) is 35.7 Å². The van der Waals surface area contributed by atoms with Gasteiger partial charge in [-0.3, -0.25) is 9.59 Å². The monoisotopic (exact) mass is 325 g/mol. The van der Waals surface area contributed by atoms with Gasteiger partial charge < -0.3 is 16.0 Å². The Morgan fingerprint density at radius 1 is 1.17 bits per heavy atom. The van der Waals surface area contributed by atoms with Crippen molar-refractivity contribution in [3.05, 3.63) is 53.6 Å². The van der Waals surface area contributed by atoms with E-state index in [1.165, 1.54) is 4.90 Å². The molecule has 0 fully saturated rings.